The molecule has 2 N–H and O–H groups in total. The van der Waals surface area contributed by atoms with Crippen molar-refractivity contribution < 1.29 is 28.7 Å². The zero-order valence-electron chi connectivity index (χ0n) is 17.9. The Labute approximate surface area is 180 Å². The molecule has 0 aliphatic rings. The summed E-state index contributed by atoms with van der Waals surface area (Å²) in [7, 11) is 1.10. The first-order chi connectivity index (χ1) is 14.6. The van der Waals surface area contributed by atoms with Gasteiger partial charge in [0.2, 0.25) is 0 Å². The van der Waals surface area contributed by atoms with Crippen molar-refractivity contribution in [1.29, 1.82) is 0 Å². The summed E-state index contributed by atoms with van der Waals surface area (Å²) in [4.78, 5) is 48.6. The molecule has 0 saturated carbocycles. The van der Waals surface area contributed by atoms with Gasteiger partial charge in [0.25, 0.3) is 11.7 Å². The summed E-state index contributed by atoms with van der Waals surface area (Å²) in [6, 6.07) is 13.7. The topological polar surface area (TPSA) is 111 Å². The second-order valence-corrected chi connectivity index (χ2v) is 7.73. The molecular weight excluding hydrogens is 400 g/mol. The highest BCUT2D eigenvalue weighted by Crippen LogP contribution is 2.17. The van der Waals surface area contributed by atoms with Crippen molar-refractivity contribution in [1.82, 2.24) is 10.6 Å². The molecule has 2 amide bonds. The summed E-state index contributed by atoms with van der Waals surface area (Å²) < 4.78 is 9.71. The lowest BCUT2D eigenvalue weighted by atomic mass is 10.0. The fourth-order valence-electron chi connectivity index (χ4n) is 2.64. The fraction of sp³-hybridized carbons (Fsp3) is 0.304. The minimum atomic E-state index is -1.21. The van der Waals surface area contributed by atoms with Gasteiger partial charge in [0.1, 0.15) is 11.6 Å². The van der Waals surface area contributed by atoms with E-state index in [0.29, 0.717) is 11.1 Å². The highest BCUT2D eigenvalue weighted by molar-refractivity contribution is 6.36. The van der Waals surface area contributed by atoms with Gasteiger partial charge in [-0.05, 0) is 44.0 Å². The monoisotopic (exact) mass is 426 g/mol. The van der Waals surface area contributed by atoms with Gasteiger partial charge in [-0.1, -0.05) is 42.5 Å². The minimum Gasteiger partial charge on any atom is -0.463 e. The van der Waals surface area contributed by atoms with Gasteiger partial charge in [0, 0.05) is 12.1 Å². The third-order valence-electron chi connectivity index (χ3n) is 4.11. The number of carbonyl (C=O) groups excluding carboxylic acids is 4. The molecule has 1 unspecified atom stereocenters. The maximum absolute atomic E-state index is 12.5. The van der Waals surface area contributed by atoms with E-state index in [0.717, 1.165) is 12.7 Å². The van der Waals surface area contributed by atoms with Crippen LogP contribution in [-0.2, 0) is 25.6 Å². The highest BCUT2D eigenvalue weighted by atomic mass is 16.6. The van der Waals surface area contributed by atoms with Crippen LogP contribution >= 0.6 is 0 Å². The largest absolute Gasteiger partial charge is 0.463 e. The van der Waals surface area contributed by atoms with Gasteiger partial charge in [0.05, 0.1) is 7.11 Å². The van der Waals surface area contributed by atoms with Crippen molar-refractivity contribution >= 4 is 23.8 Å². The molecule has 2 aromatic carbocycles. The highest BCUT2D eigenvalue weighted by Gasteiger charge is 2.29. The Morgan fingerprint density at radius 1 is 0.935 bits per heavy atom. The SMILES string of the molecule is COC(=O)C(=O)C(NC(=O)c1ccccc1)c1ccc(CNC(=O)OC(C)(C)C)cc1. The summed E-state index contributed by atoms with van der Waals surface area (Å²) >= 11 is 0. The zero-order chi connectivity index (χ0) is 23.0. The molecule has 0 radical (unpaired) electrons. The Kier molecular flexibility index (Phi) is 7.90. The van der Waals surface area contributed by atoms with E-state index in [4.69, 9.17) is 4.74 Å². The molecule has 0 aromatic heterocycles. The average Bonchev–Trinajstić information content (AvgIpc) is 2.74. The van der Waals surface area contributed by atoms with Crippen molar-refractivity contribution in [3.63, 3.8) is 0 Å². The van der Waals surface area contributed by atoms with E-state index in [9.17, 15) is 19.2 Å². The number of amides is 2. The number of ketones is 1. The van der Waals surface area contributed by atoms with Crippen LogP contribution in [-0.4, -0.2) is 36.5 Å². The summed E-state index contributed by atoms with van der Waals surface area (Å²) in [6.45, 7) is 5.51. The van der Waals surface area contributed by atoms with Crippen molar-refractivity contribution in [2.24, 2.45) is 0 Å². The van der Waals surface area contributed by atoms with E-state index in [1.54, 1.807) is 75.4 Å². The van der Waals surface area contributed by atoms with E-state index in [-0.39, 0.29) is 6.54 Å². The van der Waals surface area contributed by atoms with Gasteiger partial charge < -0.3 is 20.1 Å². The molecule has 164 valence electrons. The predicted octanol–water partition coefficient (Wildman–Crippen LogP) is 2.92. The van der Waals surface area contributed by atoms with Crippen LogP contribution in [0.2, 0.25) is 0 Å². The molecule has 8 nitrogen and oxygen atoms in total. The van der Waals surface area contributed by atoms with Gasteiger partial charge >= 0.3 is 12.1 Å². The molecule has 2 aromatic rings. The van der Waals surface area contributed by atoms with E-state index >= 15 is 0 Å². The standard InChI is InChI=1S/C23H26N2O6/c1-23(2,3)31-22(29)24-14-15-10-12-16(13-11-15)18(19(26)21(28)30-4)25-20(27)17-8-6-5-7-9-17/h5-13,18H,14H2,1-4H3,(H,24,29)(H,25,27). The van der Waals surface area contributed by atoms with Crippen molar-refractivity contribution in [3.8, 4) is 0 Å². The Morgan fingerprint density at radius 2 is 1.55 bits per heavy atom. The van der Waals surface area contributed by atoms with Crippen LogP contribution in [0.5, 0.6) is 0 Å². The number of hydrogen-bond acceptors (Lipinski definition) is 6. The lowest BCUT2D eigenvalue weighted by Crippen LogP contribution is -2.37. The third-order valence-corrected chi connectivity index (χ3v) is 4.11. The summed E-state index contributed by atoms with van der Waals surface area (Å²) in [5.41, 5.74) is 0.893. The first-order valence-corrected chi connectivity index (χ1v) is 9.64. The first-order valence-electron chi connectivity index (χ1n) is 9.64. The number of hydrogen-bond donors (Lipinski definition) is 2. The van der Waals surface area contributed by atoms with E-state index in [1.807, 2.05) is 0 Å². The van der Waals surface area contributed by atoms with E-state index < -0.39 is 35.4 Å². The third kappa shape index (κ3) is 7.26. The molecule has 1 atom stereocenters. The van der Waals surface area contributed by atoms with Crippen LogP contribution in [0.1, 0.15) is 48.3 Å². The van der Waals surface area contributed by atoms with Crippen LogP contribution in [0, 0.1) is 0 Å². The van der Waals surface area contributed by atoms with E-state index in [2.05, 4.69) is 15.4 Å². The maximum atomic E-state index is 12.5. The molecule has 0 bridgehead atoms. The Bertz CT molecular complexity index is 933. The summed E-state index contributed by atoms with van der Waals surface area (Å²) in [5.74, 6) is -2.46. The smallest absolute Gasteiger partial charge is 0.407 e. The molecule has 0 fully saturated rings. The maximum Gasteiger partial charge on any atom is 0.407 e. The quantitative estimate of drug-likeness (QED) is 0.520. The second kappa shape index (κ2) is 10.4. The van der Waals surface area contributed by atoms with Gasteiger partial charge in [-0.3, -0.25) is 9.59 Å². The van der Waals surface area contributed by atoms with Gasteiger partial charge in [0.15, 0.2) is 0 Å². The molecule has 2 rings (SSSR count). The van der Waals surface area contributed by atoms with Crippen molar-refractivity contribution in [2.45, 2.75) is 39.0 Å². The van der Waals surface area contributed by atoms with Gasteiger partial charge in [-0.15, -0.1) is 0 Å². The predicted molar refractivity (Wildman–Crippen MR) is 113 cm³/mol. The summed E-state index contributed by atoms with van der Waals surface area (Å²) in [5, 5.41) is 5.22. The molecule has 31 heavy (non-hydrogen) atoms. The molecule has 0 saturated heterocycles. The number of nitrogens with one attached hydrogen (secondary N) is 2. The van der Waals surface area contributed by atoms with Crippen LogP contribution in [0.15, 0.2) is 54.6 Å². The first kappa shape index (κ1) is 23.6. The van der Waals surface area contributed by atoms with Crippen LogP contribution in [0.3, 0.4) is 0 Å². The number of alkyl carbamates (subject to hydrolysis) is 1. The van der Waals surface area contributed by atoms with E-state index in [1.165, 1.54) is 0 Å². The molecular formula is C23H26N2O6. The van der Waals surface area contributed by atoms with Crippen LogP contribution in [0.4, 0.5) is 4.79 Å². The number of esters is 1. The summed E-state index contributed by atoms with van der Waals surface area (Å²) in [6.07, 6.45) is -0.551. The normalized spacial score (nSPS) is 11.7. The Hall–Kier alpha value is -3.68. The lowest BCUT2D eigenvalue weighted by Gasteiger charge is -2.20. The molecule has 0 spiro atoms. The molecule has 0 heterocycles. The number of rotatable bonds is 7. The van der Waals surface area contributed by atoms with Crippen LogP contribution < -0.4 is 10.6 Å². The average molecular weight is 426 g/mol. The minimum absolute atomic E-state index is 0.210. The zero-order valence-corrected chi connectivity index (χ0v) is 17.9. The second-order valence-electron chi connectivity index (χ2n) is 7.73. The number of carbonyl (C=O) groups is 4. The molecule has 0 aliphatic carbocycles. The number of methoxy groups -OCH3 is 1. The van der Waals surface area contributed by atoms with Crippen LogP contribution in [0.25, 0.3) is 0 Å². The van der Waals surface area contributed by atoms with Gasteiger partial charge in [-0.25, -0.2) is 9.59 Å². The molecule has 8 heteroatoms. The van der Waals surface area contributed by atoms with Gasteiger partial charge in [-0.2, -0.15) is 0 Å². The number of benzene rings is 2. The fourth-order valence-corrected chi connectivity index (χ4v) is 2.64. The lowest BCUT2D eigenvalue weighted by molar-refractivity contribution is -0.152. The molecule has 0 aliphatic heterocycles. The number of ether oxygens (including phenoxy) is 2. The van der Waals surface area contributed by atoms with Crippen molar-refractivity contribution in [2.75, 3.05) is 7.11 Å². The Balaban J connectivity index is 2.14. The van der Waals surface area contributed by atoms with Crippen molar-refractivity contribution in [3.05, 3.63) is 71.3 Å². The Morgan fingerprint density at radius 3 is 2.10 bits per heavy atom. The number of Topliss-reactive ketones (excluding diaryl/α,β-unsaturated/α-hetero) is 1.